The van der Waals surface area contributed by atoms with E-state index in [1.807, 2.05) is 47.4 Å². The van der Waals surface area contributed by atoms with Crippen molar-refractivity contribution in [3.8, 4) is 0 Å². The maximum absolute atomic E-state index is 12.5. The lowest BCUT2D eigenvalue weighted by Crippen LogP contribution is -2.42. The Kier molecular flexibility index (Phi) is 7.87. The molecule has 1 aliphatic rings. The average Bonchev–Trinajstić information content (AvgIpc) is 2.72. The third kappa shape index (κ3) is 6.45. The molecule has 2 aromatic rings. The molecule has 1 fully saturated rings. The van der Waals surface area contributed by atoms with Crippen molar-refractivity contribution < 1.29 is 14.3 Å². The van der Waals surface area contributed by atoms with E-state index in [9.17, 15) is 4.79 Å². The van der Waals surface area contributed by atoms with Crippen molar-refractivity contribution in [2.24, 2.45) is 0 Å². The summed E-state index contributed by atoms with van der Waals surface area (Å²) in [5, 5.41) is 0. The first-order valence-corrected chi connectivity index (χ1v) is 10.3. The highest BCUT2D eigenvalue weighted by Gasteiger charge is 2.24. The SMILES string of the molecule is O=C(CCCOCCc1ccccc1)N1CCOC(c2ccc(Br)cc2)C1. The summed E-state index contributed by atoms with van der Waals surface area (Å²) in [7, 11) is 0. The van der Waals surface area contributed by atoms with Gasteiger partial charge in [0.25, 0.3) is 0 Å². The third-order valence-electron chi connectivity index (χ3n) is 4.72. The molecule has 144 valence electrons. The van der Waals surface area contributed by atoms with Gasteiger partial charge >= 0.3 is 0 Å². The van der Waals surface area contributed by atoms with Crippen molar-refractivity contribution in [3.05, 3.63) is 70.2 Å². The van der Waals surface area contributed by atoms with Gasteiger partial charge in [-0.05, 0) is 36.1 Å². The Morgan fingerprint density at radius 3 is 2.67 bits per heavy atom. The molecular weight excluding hydrogens is 406 g/mol. The van der Waals surface area contributed by atoms with Crippen LogP contribution in [0.1, 0.15) is 30.1 Å². The van der Waals surface area contributed by atoms with Gasteiger partial charge in [-0.15, -0.1) is 0 Å². The van der Waals surface area contributed by atoms with Gasteiger partial charge in [-0.3, -0.25) is 4.79 Å². The summed E-state index contributed by atoms with van der Waals surface area (Å²) in [5.74, 6) is 0.187. The zero-order chi connectivity index (χ0) is 18.9. The molecule has 5 heteroatoms. The monoisotopic (exact) mass is 431 g/mol. The molecule has 27 heavy (non-hydrogen) atoms. The van der Waals surface area contributed by atoms with Crippen LogP contribution in [0.2, 0.25) is 0 Å². The number of rotatable bonds is 8. The number of morpholine rings is 1. The first-order valence-electron chi connectivity index (χ1n) is 9.49. The summed E-state index contributed by atoms with van der Waals surface area (Å²) in [6.45, 7) is 3.19. The molecule has 4 nitrogen and oxygen atoms in total. The van der Waals surface area contributed by atoms with Crippen molar-refractivity contribution in [2.75, 3.05) is 32.9 Å². The maximum atomic E-state index is 12.5. The van der Waals surface area contributed by atoms with Crippen LogP contribution in [0.4, 0.5) is 0 Å². The molecule has 1 heterocycles. The lowest BCUT2D eigenvalue weighted by molar-refractivity contribution is -0.139. The predicted molar refractivity (Wildman–Crippen MR) is 110 cm³/mol. The van der Waals surface area contributed by atoms with Crippen LogP contribution in [-0.2, 0) is 20.7 Å². The van der Waals surface area contributed by atoms with Crippen LogP contribution < -0.4 is 0 Å². The Labute approximate surface area is 169 Å². The van der Waals surface area contributed by atoms with Crippen LogP contribution in [0, 0.1) is 0 Å². The molecule has 0 bridgehead atoms. The lowest BCUT2D eigenvalue weighted by atomic mass is 10.1. The van der Waals surface area contributed by atoms with Gasteiger partial charge in [-0.2, -0.15) is 0 Å². The van der Waals surface area contributed by atoms with E-state index in [0.29, 0.717) is 39.3 Å². The third-order valence-corrected chi connectivity index (χ3v) is 5.25. The van der Waals surface area contributed by atoms with Gasteiger partial charge in [-0.25, -0.2) is 0 Å². The molecule has 0 spiro atoms. The van der Waals surface area contributed by atoms with Crippen molar-refractivity contribution in [1.82, 2.24) is 4.90 Å². The summed E-state index contributed by atoms with van der Waals surface area (Å²) in [6, 6.07) is 18.4. The van der Waals surface area contributed by atoms with Gasteiger partial charge in [-0.1, -0.05) is 58.4 Å². The second kappa shape index (κ2) is 10.6. The fourth-order valence-electron chi connectivity index (χ4n) is 3.18. The van der Waals surface area contributed by atoms with Gasteiger partial charge in [0.2, 0.25) is 5.91 Å². The average molecular weight is 432 g/mol. The Morgan fingerprint density at radius 1 is 1.11 bits per heavy atom. The molecule has 0 radical (unpaired) electrons. The molecule has 1 aliphatic heterocycles. The molecule has 1 amide bonds. The molecule has 0 saturated carbocycles. The first kappa shape index (κ1) is 20.1. The Bertz CT molecular complexity index is 705. The molecule has 0 aliphatic carbocycles. The van der Waals surface area contributed by atoms with E-state index in [2.05, 4.69) is 28.1 Å². The highest BCUT2D eigenvalue weighted by molar-refractivity contribution is 9.10. The van der Waals surface area contributed by atoms with E-state index in [-0.39, 0.29) is 12.0 Å². The number of amides is 1. The quantitative estimate of drug-likeness (QED) is 0.581. The largest absolute Gasteiger partial charge is 0.381 e. The van der Waals surface area contributed by atoms with Gasteiger partial charge in [0, 0.05) is 24.0 Å². The van der Waals surface area contributed by atoms with Gasteiger partial charge < -0.3 is 14.4 Å². The second-order valence-electron chi connectivity index (χ2n) is 6.70. The van der Waals surface area contributed by atoms with Gasteiger partial charge in [0.15, 0.2) is 0 Å². The number of carbonyl (C=O) groups is 1. The lowest BCUT2D eigenvalue weighted by Gasteiger charge is -2.33. The predicted octanol–water partition coefficient (Wildman–Crippen LogP) is 4.39. The van der Waals surface area contributed by atoms with E-state index < -0.39 is 0 Å². The van der Waals surface area contributed by atoms with E-state index in [1.165, 1.54) is 5.56 Å². The highest BCUT2D eigenvalue weighted by Crippen LogP contribution is 2.24. The minimum atomic E-state index is -0.0436. The first-order chi connectivity index (χ1) is 13.2. The van der Waals surface area contributed by atoms with Crippen LogP contribution in [0.3, 0.4) is 0 Å². The summed E-state index contributed by atoms with van der Waals surface area (Å²) in [5.41, 5.74) is 2.39. The summed E-state index contributed by atoms with van der Waals surface area (Å²) < 4.78 is 12.6. The van der Waals surface area contributed by atoms with Crippen LogP contribution >= 0.6 is 15.9 Å². The fraction of sp³-hybridized carbons (Fsp3) is 0.409. The molecule has 1 saturated heterocycles. The Balaban J connectivity index is 1.34. The molecule has 0 N–H and O–H groups in total. The zero-order valence-electron chi connectivity index (χ0n) is 15.5. The van der Waals surface area contributed by atoms with Crippen molar-refractivity contribution in [3.63, 3.8) is 0 Å². The van der Waals surface area contributed by atoms with Gasteiger partial charge in [0.05, 0.1) is 19.8 Å². The van der Waals surface area contributed by atoms with Crippen LogP contribution in [0.25, 0.3) is 0 Å². The van der Waals surface area contributed by atoms with E-state index >= 15 is 0 Å². The Morgan fingerprint density at radius 2 is 1.89 bits per heavy atom. The number of hydrogen-bond acceptors (Lipinski definition) is 3. The maximum Gasteiger partial charge on any atom is 0.222 e. The van der Waals surface area contributed by atoms with Crippen LogP contribution in [0.15, 0.2) is 59.1 Å². The van der Waals surface area contributed by atoms with Crippen molar-refractivity contribution in [2.45, 2.75) is 25.4 Å². The topological polar surface area (TPSA) is 38.8 Å². The fourth-order valence-corrected chi connectivity index (χ4v) is 3.44. The molecule has 2 aromatic carbocycles. The van der Waals surface area contributed by atoms with Crippen molar-refractivity contribution in [1.29, 1.82) is 0 Å². The van der Waals surface area contributed by atoms with Crippen LogP contribution in [0.5, 0.6) is 0 Å². The molecule has 3 rings (SSSR count). The standard InChI is InChI=1S/C22H26BrNO3/c23-20-10-8-19(9-11-20)21-17-24(13-16-27-21)22(25)7-4-14-26-15-12-18-5-2-1-3-6-18/h1-3,5-6,8-11,21H,4,7,12-17H2. The summed E-state index contributed by atoms with van der Waals surface area (Å²) in [6.07, 6.45) is 2.15. The number of hydrogen-bond donors (Lipinski definition) is 0. The summed E-state index contributed by atoms with van der Waals surface area (Å²) in [4.78, 5) is 14.4. The number of nitrogens with zero attached hydrogens (tertiary/aromatic N) is 1. The number of benzene rings is 2. The smallest absolute Gasteiger partial charge is 0.222 e. The van der Waals surface area contributed by atoms with E-state index in [1.54, 1.807) is 0 Å². The minimum absolute atomic E-state index is 0.0436. The number of carbonyl (C=O) groups excluding carboxylic acids is 1. The molecule has 1 atom stereocenters. The highest BCUT2D eigenvalue weighted by atomic mass is 79.9. The zero-order valence-corrected chi connectivity index (χ0v) is 17.1. The van der Waals surface area contributed by atoms with Gasteiger partial charge in [0.1, 0.15) is 6.10 Å². The molecule has 1 unspecified atom stereocenters. The Hall–Kier alpha value is -1.69. The summed E-state index contributed by atoms with van der Waals surface area (Å²) >= 11 is 3.45. The molecular formula is C22H26BrNO3. The number of halogens is 1. The minimum Gasteiger partial charge on any atom is -0.381 e. The second-order valence-corrected chi connectivity index (χ2v) is 7.62. The number of ether oxygens (including phenoxy) is 2. The normalized spacial score (nSPS) is 17.1. The molecule has 0 aromatic heterocycles. The van der Waals surface area contributed by atoms with E-state index in [0.717, 1.165) is 22.9 Å². The van der Waals surface area contributed by atoms with E-state index in [4.69, 9.17) is 9.47 Å². The van der Waals surface area contributed by atoms with Crippen LogP contribution in [-0.4, -0.2) is 43.7 Å². The van der Waals surface area contributed by atoms with Crippen molar-refractivity contribution >= 4 is 21.8 Å².